The fourth-order valence-corrected chi connectivity index (χ4v) is 1.09. The molecule has 0 aliphatic heterocycles. The Morgan fingerprint density at radius 3 is 2.69 bits per heavy atom. The Morgan fingerprint density at radius 1 is 1.56 bits per heavy atom. The third-order valence-corrected chi connectivity index (χ3v) is 2.23. The van der Waals surface area contributed by atoms with E-state index in [0.29, 0.717) is 5.56 Å². The van der Waals surface area contributed by atoms with Crippen LogP contribution in [-0.2, 0) is 0 Å². The summed E-state index contributed by atoms with van der Waals surface area (Å²) in [4.78, 5) is 3.96. The molecular formula is C10H14N4O2. The number of hydrogen-bond donors (Lipinski definition) is 4. The van der Waals surface area contributed by atoms with Gasteiger partial charge in [0.2, 0.25) is 0 Å². The predicted octanol–water partition coefficient (Wildman–Crippen LogP) is -0.309. The van der Waals surface area contributed by atoms with Gasteiger partial charge in [-0.15, -0.1) is 0 Å². The van der Waals surface area contributed by atoms with Crippen molar-refractivity contribution in [2.45, 2.75) is 12.5 Å². The first kappa shape index (κ1) is 12.2. The van der Waals surface area contributed by atoms with Crippen LogP contribution in [0.1, 0.15) is 12.5 Å². The Kier molecular flexibility index (Phi) is 3.66. The molecular weight excluding hydrogens is 208 g/mol. The van der Waals surface area contributed by atoms with E-state index in [1.165, 1.54) is 12.3 Å². The smallest absolute Gasteiger partial charge is 0.151 e. The molecule has 0 fully saturated rings. The van der Waals surface area contributed by atoms with E-state index in [-0.39, 0.29) is 24.7 Å². The second-order valence-corrected chi connectivity index (χ2v) is 3.73. The highest BCUT2D eigenvalue weighted by molar-refractivity contribution is 5.69. The van der Waals surface area contributed by atoms with Crippen molar-refractivity contribution < 1.29 is 10.2 Å². The highest BCUT2D eigenvalue weighted by Crippen LogP contribution is 2.22. The van der Waals surface area contributed by atoms with Crippen LogP contribution in [0.5, 0.6) is 0 Å². The van der Waals surface area contributed by atoms with Crippen LogP contribution in [0.4, 0.5) is 11.5 Å². The van der Waals surface area contributed by atoms with Crippen LogP contribution >= 0.6 is 0 Å². The van der Waals surface area contributed by atoms with E-state index >= 15 is 0 Å². The zero-order chi connectivity index (χ0) is 12.2. The van der Waals surface area contributed by atoms with E-state index in [4.69, 9.17) is 21.2 Å². The summed E-state index contributed by atoms with van der Waals surface area (Å²) in [5.74, 6) is 0.282. The third-order valence-electron chi connectivity index (χ3n) is 2.23. The van der Waals surface area contributed by atoms with Crippen LogP contribution in [0.15, 0.2) is 12.3 Å². The molecule has 0 saturated carbocycles. The van der Waals surface area contributed by atoms with E-state index in [1.807, 2.05) is 6.07 Å². The lowest BCUT2D eigenvalue weighted by Crippen LogP contribution is -2.43. The fraction of sp³-hybridized carbons (Fsp3) is 0.400. The first-order valence-electron chi connectivity index (χ1n) is 4.71. The SMILES string of the molecule is CC(CO)(CO)Nc1nccc(C#N)c1N. The van der Waals surface area contributed by atoms with Gasteiger partial charge in [-0.3, -0.25) is 0 Å². The molecule has 1 aromatic heterocycles. The molecule has 1 heterocycles. The van der Waals surface area contributed by atoms with E-state index in [1.54, 1.807) is 6.92 Å². The molecule has 0 bridgehead atoms. The molecule has 0 amide bonds. The number of nitrogens with one attached hydrogen (secondary N) is 1. The summed E-state index contributed by atoms with van der Waals surface area (Å²) in [6.45, 7) is 1.07. The van der Waals surface area contributed by atoms with Gasteiger partial charge in [0.05, 0.1) is 30.0 Å². The maximum Gasteiger partial charge on any atom is 0.151 e. The lowest BCUT2D eigenvalue weighted by Gasteiger charge is -2.27. The van der Waals surface area contributed by atoms with Crippen molar-refractivity contribution in [1.82, 2.24) is 4.98 Å². The Bertz CT molecular complexity index is 410. The minimum atomic E-state index is -0.921. The van der Waals surface area contributed by atoms with E-state index in [9.17, 15) is 0 Å². The summed E-state index contributed by atoms with van der Waals surface area (Å²) in [6, 6.07) is 3.42. The molecule has 0 atom stereocenters. The monoisotopic (exact) mass is 222 g/mol. The molecule has 0 unspecified atom stereocenters. The van der Waals surface area contributed by atoms with E-state index in [2.05, 4.69) is 10.3 Å². The zero-order valence-corrected chi connectivity index (χ0v) is 8.94. The number of hydrogen-bond acceptors (Lipinski definition) is 6. The Morgan fingerprint density at radius 2 is 2.19 bits per heavy atom. The van der Waals surface area contributed by atoms with Crippen molar-refractivity contribution in [2.24, 2.45) is 0 Å². The lowest BCUT2D eigenvalue weighted by atomic mass is 10.1. The highest BCUT2D eigenvalue weighted by Gasteiger charge is 2.23. The summed E-state index contributed by atoms with van der Waals surface area (Å²) >= 11 is 0. The second-order valence-electron chi connectivity index (χ2n) is 3.73. The Balaban J connectivity index is 3.03. The molecule has 1 rings (SSSR count). The van der Waals surface area contributed by atoms with Crippen LogP contribution in [0.2, 0.25) is 0 Å². The maximum atomic E-state index is 9.11. The molecule has 0 spiro atoms. The molecule has 5 N–H and O–H groups in total. The highest BCUT2D eigenvalue weighted by atomic mass is 16.3. The molecule has 0 aromatic carbocycles. The molecule has 0 radical (unpaired) electrons. The van der Waals surface area contributed by atoms with Gasteiger partial charge in [0.1, 0.15) is 6.07 Å². The van der Waals surface area contributed by atoms with Gasteiger partial charge in [0, 0.05) is 6.20 Å². The fourth-order valence-electron chi connectivity index (χ4n) is 1.09. The average Bonchev–Trinajstić information content (AvgIpc) is 2.32. The molecule has 86 valence electrons. The number of nitrogens with zero attached hydrogens (tertiary/aromatic N) is 2. The number of rotatable bonds is 4. The summed E-state index contributed by atoms with van der Waals surface area (Å²) in [5, 5.41) is 29.8. The summed E-state index contributed by atoms with van der Waals surface area (Å²) in [6.07, 6.45) is 1.44. The number of nitrogens with two attached hydrogens (primary N) is 1. The normalized spacial score (nSPS) is 10.9. The first-order valence-corrected chi connectivity index (χ1v) is 4.71. The van der Waals surface area contributed by atoms with Gasteiger partial charge in [-0.2, -0.15) is 5.26 Å². The predicted molar refractivity (Wildman–Crippen MR) is 59.6 cm³/mol. The number of nitriles is 1. The van der Waals surface area contributed by atoms with Crippen molar-refractivity contribution in [1.29, 1.82) is 5.26 Å². The van der Waals surface area contributed by atoms with Gasteiger partial charge in [-0.05, 0) is 13.0 Å². The van der Waals surface area contributed by atoms with E-state index < -0.39 is 5.54 Å². The number of nitrogen functional groups attached to an aromatic ring is 1. The largest absolute Gasteiger partial charge is 0.395 e. The molecule has 1 aromatic rings. The van der Waals surface area contributed by atoms with E-state index in [0.717, 1.165) is 0 Å². The Labute approximate surface area is 93.3 Å². The van der Waals surface area contributed by atoms with Crippen LogP contribution in [-0.4, -0.2) is 33.9 Å². The van der Waals surface area contributed by atoms with Crippen LogP contribution < -0.4 is 11.1 Å². The maximum absolute atomic E-state index is 9.11. The second kappa shape index (κ2) is 4.79. The minimum absolute atomic E-state index is 0.207. The van der Waals surface area contributed by atoms with Crippen molar-refractivity contribution >= 4 is 11.5 Å². The van der Waals surface area contributed by atoms with Gasteiger partial charge in [-0.25, -0.2) is 4.98 Å². The van der Waals surface area contributed by atoms with Gasteiger partial charge < -0.3 is 21.3 Å². The average molecular weight is 222 g/mol. The van der Waals surface area contributed by atoms with Gasteiger partial charge in [-0.1, -0.05) is 0 Å². The van der Waals surface area contributed by atoms with Crippen LogP contribution in [0.3, 0.4) is 0 Å². The number of anilines is 2. The summed E-state index contributed by atoms with van der Waals surface area (Å²) in [5.41, 5.74) is 5.29. The summed E-state index contributed by atoms with van der Waals surface area (Å²) in [7, 11) is 0. The van der Waals surface area contributed by atoms with Gasteiger partial charge in [0.15, 0.2) is 5.82 Å². The molecule has 6 heteroatoms. The topological polar surface area (TPSA) is 115 Å². The third kappa shape index (κ3) is 2.39. The van der Waals surface area contributed by atoms with Gasteiger partial charge >= 0.3 is 0 Å². The lowest BCUT2D eigenvalue weighted by molar-refractivity contribution is 0.147. The van der Waals surface area contributed by atoms with Crippen molar-refractivity contribution in [3.8, 4) is 6.07 Å². The van der Waals surface area contributed by atoms with Crippen molar-refractivity contribution in [2.75, 3.05) is 24.3 Å². The zero-order valence-electron chi connectivity index (χ0n) is 8.94. The van der Waals surface area contributed by atoms with Crippen molar-refractivity contribution in [3.63, 3.8) is 0 Å². The van der Waals surface area contributed by atoms with Gasteiger partial charge in [0.25, 0.3) is 0 Å². The van der Waals surface area contributed by atoms with Crippen LogP contribution in [0.25, 0.3) is 0 Å². The number of aliphatic hydroxyl groups excluding tert-OH is 2. The number of pyridine rings is 1. The Hall–Kier alpha value is -1.84. The standard InChI is InChI=1S/C10H14N4O2/c1-10(5-15,6-16)14-9-8(12)7(4-11)2-3-13-9/h2-3,15-16H,5-6,12H2,1H3,(H,13,14). The molecule has 6 nitrogen and oxygen atoms in total. The molecule has 0 aliphatic carbocycles. The molecule has 16 heavy (non-hydrogen) atoms. The van der Waals surface area contributed by atoms with Crippen molar-refractivity contribution in [3.05, 3.63) is 17.8 Å². The number of aliphatic hydroxyl groups is 2. The minimum Gasteiger partial charge on any atom is -0.395 e. The molecule has 0 saturated heterocycles. The first-order chi connectivity index (χ1) is 7.56. The molecule has 0 aliphatic rings. The quantitative estimate of drug-likeness (QED) is 0.555. The number of aromatic nitrogens is 1. The summed E-state index contributed by atoms with van der Waals surface area (Å²) < 4.78 is 0. The van der Waals surface area contributed by atoms with Crippen LogP contribution in [0, 0.1) is 11.3 Å².